The third-order valence-corrected chi connectivity index (χ3v) is 13.7. The molecule has 0 bridgehead atoms. The molecule has 318 valence electrons. The van der Waals surface area contributed by atoms with Gasteiger partial charge in [-0.05, 0) is 144 Å². The molecule has 68 heavy (non-hydrogen) atoms. The standard InChI is InChI=1S/C66H44N2/c1-4-19-47(20-5-1)65-60-31-13-12-29-57(60)58-40-36-50(43-62(58)66(65)48-21-6-2-7-22-48)49-24-16-27-53(42-49)67(52-37-34-46(35-38-52)56-32-17-23-45-18-10-11-28-55(45)56)54-39-41-64-61(44-54)59-30-14-15-33-63(59)68(64)51-25-8-3-9-26-51/h1-44H. The van der Waals surface area contributed by atoms with Crippen LogP contribution < -0.4 is 4.90 Å². The molecule has 0 aliphatic carbocycles. The Hall–Kier alpha value is -8.98. The number of nitrogens with zero attached hydrogens (tertiary/aromatic N) is 2. The Morgan fingerprint density at radius 3 is 1.53 bits per heavy atom. The summed E-state index contributed by atoms with van der Waals surface area (Å²) in [6.07, 6.45) is 0. The van der Waals surface area contributed by atoms with Crippen molar-refractivity contribution in [2.75, 3.05) is 4.90 Å². The minimum absolute atomic E-state index is 1.08. The minimum atomic E-state index is 1.08. The van der Waals surface area contributed by atoms with Crippen molar-refractivity contribution in [3.05, 3.63) is 267 Å². The molecule has 13 aromatic rings. The van der Waals surface area contributed by atoms with Crippen LogP contribution in [0.5, 0.6) is 0 Å². The Labute approximate surface area is 395 Å². The fourth-order valence-corrected chi connectivity index (χ4v) is 10.7. The molecule has 12 aromatic carbocycles. The van der Waals surface area contributed by atoms with Crippen molar-refractivity contribution >= 4 is 71.2 Å². The maximum absolute atomic E-state index is 2.42. The molecule has 0 spiro atoms. The summed E-state index contributed by atoms with van der Waals surface area (Å²) in [6, 6.07) is 97.5. The highest BCUT2D eigenvalue weighted by atomic mass is 15.1. The van der Waals surface area contributed by atoms with E-state index in [0.29, 0.717) is 0 Å². The van der Waals surface area contributed by atoms with E-state index in [1.165, 1.54) is 93.1 Å². The lowest BCUT2D eigenvalue weighted by atomic mass is 9.84. The largest absolute Gasteiger partial charge is 0.310 e. The quantitative estimate of drug-likeness (QED) is 0.138. The van der Waals surface area contributed by atoms with Gasteiger partial charge in [-0.2, -0.15) is 0 Å². The van der Waals surface area contributed by atoms with E-state index in [-0.39, 0.29) is 0 Å². The van der Waals surface area contributed by atoms with E-state index in [1.807, 2.05) is 0 Å². The second-order valence-corrected chi connectivity index (χ2v) is 17.6. The van der Waals surface area contributed by atoms with Gasteiger partial charge in [0.15, 0.2) is 0 Å². The van der Waals surface area contributed by atoms with Crippen molar-refractivity contribution in [3.63, 3.8) is 0 Å². The molecule has 0 N–H and O–H groups in total. The zero-order valence-corrected chi connectivity index (χ0v) is 37.3. The molecule has 1 aromatic heterocycles. The first kappa shape index (κ1) is 39.4. The first-order valence-electron chi connectivity index (χ1n) is 23.4. The summed E-state index contributed by atoms with van der Waals surface area (Å²) < 4.78 is 2.38. The zero-order chi connectivity index (χ0) is 45.0. The number of aromatic nitrogens is 1. The van der Waals surface area contributed by atoms with E-state index < -0.39 is 0 Å². The molecule has 0 aliphatic heterocycles. The summed E-state index contributed by atoms with van der Waals surface area (Å²) in [6.45, 7) is 0. The molecule has 13 rings (SSSR count). The Morgan fingerprint density at radius 2 is 0.765 bits per heavy atom. The van der Waals surface area contributed by atoms with Crippen LogP contribution in [0, 0.1) is 0 Å². The third kappa shape index (κ3) is 6.65. The van der Waals surface area contributed by atoms with Gasteiger partial charge in [0.1, 0.15) is 0 Å². The molecule has 0 atom stereocenters. The van der Waals surface area contributed by atoms with E-state index >= 15 is 0 Å². The van der Waals surface area contributed by atoms with Crippen LogP contribution in [0.25, 0.3) is 104 Å². The number of benzene rings is 12. The SMILES string of the molecule is c1ccc(-c2c(-c3ccccc3)c3cc(-c4cccc(N(c5ccc(-c6cccc7ccccc67)cc5)c5ccc6c(c5)c5ccccc5n6-c5ccccc5)c4)ccc3c3ccccc23)cc1. The van der Waals surface area contributed by atoms with Gasteiger partial charge in [-0.3, -0.25) is 0 Å². The van der Waals surface area contributed by atoms with Crippen LogP contribution in [0.1, 0.15) is 0 Å². The van der Waals surface area contributed by atoms with Gasteiger partial charge in [-0.15, -0.1) is 0 Å². The van der Waals surface area contributed by atoms with Crippen LogP contribution in [0.4, 0.5) is 17.1 Å². The predicted molar refractivity (Wildman–Crippen MR) is 290 cm³/mol. The summed E-state index contributed by atoms with van der Waals surface area (Å²) in [4.78, 5) is 2.42. The Bertz CT molecular complexity index is 4000. The van der Waals surface area contributed by atoms with Gasteiger partial charge in [-0.1, -0.05) is 200 Å². The molecule has 0 radical (unpaired) electrons. The molecular weight excluding hydrogens is 821 g/mol. The summed E-state index contributed by atoms with van der Waals surface area (Å²) >= 11 is 0. The van der Waals surface area contributed by atoms with Crippen LogP contribution >= 0.6 is 0 Å². The first-order valence-corrected chi connectivity index (χ1v) is 23.4. The van der Waals surface area contributed by atoms with Gasteiger partial charge < -0.3 is 9.47 Å². The van der Waals surface area contributed by atoms with Gasteiger partial charge in [0.05, 0.1) is 11.0 Å². The molecular formula is C66H44N2. The number of rotatable bonds is 8. The second kappa shape index (κ2) is 16.5. The molecule has 0 aliphatic rings. The summed E-state index contributed by atoms with van der Waals surface area (Å²) in [5, 5.41) is 9.91. The maximum Gasteiger partial charge on any atom is 0.0542 e. The molecule has 0 saturated carbocycles. The van der Waals surface area contributed by atoms with Crippen LogP contribution in [0.3, 0.4) is 0 Å². The lowest BCUT2D eigenvalue weighted by Crippen LogP contribution is -2.10. The van der Waals surface area contributed by atoms with Gasteiger partial charge in [-0.25, -0.2) is 0 Å². The monoisotopic (exact) mass is 864 g/mol. The highest BCUT2D eigenvalue weighted by Gasteiger charge is 2.21. The van der Waals surface area contributed by atoms with Gasteiger partial charge in [0.25, 0.3) is 0 Å². The van der Waals surface area contributed by atoms with E-state index in [4.69, 9.17) is 0 Å². The predicted octanol–water partition coefficient (Wildman–Crippen LogP) is 18.4. The average molecular weight is 865 g/mol. The lowest BCUT2D eigenvalue weighted by molar-refractivity contribution is 1.18. The Morgan fingerprint density at radius 1 is 0.250 bits per heavy atom. The minimum Gasteiger partial charge on any atom is -0.310 e. The van der Waals surface area contributed by atoms with Crippen LogP contribution in [-0.2, 0) is 0 Å². The lowest BCUT2D eigenvalue weighted by Gasteiger charge is -2.26. The zero-order valence-electron chi connectivity index (χ0n) is 37.3. The van der Waals surface area contributed by atoms with Crippen molar-refractivity contribution in [1.29, 1.82) is 0 Å². The molecule has 2 heteroatoms. The van der Waals surface area contributed by atoms with E-state index in [9.17, 15) is 0 Å². The average Bonchev–Trinajstić information content (AvgIpc) is 3.75. The molecule has 0 amide bonds. The Balaban J connectivity index is 1.01. The summed E-state index contributed by atoms with van der Waals surface area (Å²) in [5.74, 6) is 0. The van der Waals surface area contributed by atoms with Crippen LogP contribution in [0.15, 0.2) is 267 Å². The fraction of sp³-hybridized carbons (Fsp3) is 0. The number of hydrogen-bond acceptors (Lipinski definition) is 1. The molecule has 0 saturated heterocycles. The first-order chi connectivity index (χ1) is 33.7. The van der Waals surface area contributed by atoms with Crippen molar-refractivity contribution in [2.24, 2.45) is 0 Å². The van der Waals surface area contributed by atoms with Crippen molar-refractivity contribution in [2.45, 2.75) is 0 Å². The highest BCUT2D eigenvalue weighted by Crippen LogP contribution is 2.47. The number of para-hydroxylation sites is 2. The van der Waals surface area contributed by atoms with Crippen LogP contribution in [-0.4, -0.2) is 4.57 Å². The van der Waals surface area contributed by atoms with Gasteiger partial charge in [0.2, 0.25) is 0 Å². The van der Waals surface area contributed by atoms with E-state index in [0.717, 1.165) is 28.3 Å². The maximum atomic E-state index is 2.42. The summed E-state index contributed by atoms with van der Waals surface area (Å²) in [7, 11) is 0. The van der Waals surface area contributed by atoms with Gasteiger partial charge >= 0.3 is 0 Å². The smallest absolute Gasteiger partial charge is 0.0542 e. The Kier molecular flexibility index (Phi) is 9.54. The molecule has 1 heterocycles. The number of fused-ring (bicyclic) bond motifs is 7. The molecule has 2 nitrogen and oxygen atoms in total. The highest BCUT2D eigenvalue weighted by molar-refractivity contribution is 6.22. The van der Waals surface area contributed by atoms with Crippen molar-refractivity contribution in [1.82, 2.24) is 4.57 Å². The summed E-state index contributed by atoms with van der Waals surface area (Å²) in [5.41, 5.74) is 16.4. The van der Waals surface area contributed by atoms with Crippen LogP contribution in [0.2, 0.25) is 0 Å². The topological polar surface area (TPSA) is 8.17 Å². The number of anilines is 3. The van der Waals surface area contributed by atoms with E-state index in [1.54, 1.807) is 0 Å². The van der Waals surface area contributed by atoms with Crippen molar-refractivity contribution < 1.29 is 0 Å². The van der Waals surface area contributed by atoms with Crippen molar-refractivity contribution in [3.8, 4) is 50.2 Å². The van der Waals surface area contributed by atoms with Gasteiger partial charge in [0, 0.05) is 33.5 Å². The fourth-order valence-electron chi connectivity index (χ4n) is 10.7. The molecule has 0 unspecified atom stereocenters. The molecule has 0 fully saturated rings. The third-order valence-electron chi connectivity index (χ3n) is 13.7. The van der Waals surface area contributed by atoms with E-state index in [2.05, 4.69) is 276 Å². The normalized spacial score (nSPS) is 11.5. The number of hydrogen-bond donors (Lipinski definition) is 0. The second-order valence-electron chi connectivity index (χ2n) is 17.6.